The van der Waals surface area contributed by atoms with Crippen molar-refractivity contribution < 1.29 is 13.2 Å². The van der Waals surface area contributed by atoms with Crippen LogP contribution in [-0.2, 0) is 27.6 Å². The second-order valence-corrected chi connectivity index (χ2v) is 12.7. The Kier molecular flexibility index (Phi) is 7.59. The van der Waals surface area contributed by atoms with E-state index in [1.165, 1.54) is 11.3 Å². The van der Waals surface area contributed by atoms with Crippen molar-refractivity contribution in [2.45, 2.75) is 57.6 Å². The molecule has 3 aromatic rings. The molecule has 188 valence electrons. The van der Waals surface area contributed by atoms with E-state index in [9.17, 15) is 13.2 Å². The molecule has 2 aromatic carbocycles. The number of nitrogens with zero attached hydrogens (tertiary/aromatic N) is 3. The average Bonchev–Trinajstić information content (AvgIpc) is 3.36. The lowest BCUT2D eigenvalue weighted by atomic mass is 10.0. The summed E-state index contributed by atoms with van der Waals surface area (Å²) in [4.78, 5) is 21.4. The number of anilines is 1. The fourth-order valence-electron chi connectivity index (χ4n) is 4.62. The molecule has 4 rings (SSSR count). The molecule has 7 nitrogen and oxygen atoms in total. The zero-order valence-corrected chi connectivity index (χ0v) is 22.5. The number of carbonyl (C=O) groups is 1. The maximum Gasteiger partial charge on any atom is 0.230 e. The van der Waals surface area contributed by atoms with Crippen LogP contribution in [0.2, 0.25) is 0 Å². The molecule has 9 heteroatoms. The highest BCUT2D eigenvalue weighted by Gasteiger charge is 2.41. The molecule has 1 N–H and O–H groups in total. The van der Waals surface area contributed by atoms with Crippen molar-refractivity contribution in [1.82, 2.24) is 9.88 Å². The number of rotatable bonds is 8. The van der Waals surface area contributed by atoms with E-state index >= 15 is 0 Å². The summed E-state index contributed by atoms with van der Waals surface area (Å²) in [5.74, 6) is 0.190. The fourth-order valence-corrected chi connectivity index (χ4v) is 6.59. The summed E-state index contributed by atoms with van der Waals surface area (Å²) in [6, 6.07) is 16.6. The van der Waals surface area contributed by atoms with Crippen molar-refractivity contribution in [2.24, 2.45) is 5.92 Å². The van der Waals surface area contributed by atoms with E-state index in [4.69, 9.17) is 10.2 Å². The lowest BCUT2D eigenvalue weighted by Gasteiger charge is -2.31. The minimum atomic E-state index is -3.26. The summed E-state index contributed by atoms with van der Waals surface area (Å²) >= 11 is 1.51. The van der Waals surface area contributed by atoms with E-state index in [0.717, 1.165) is 28.2 Å². The van der Waals surface area contributed by atoms with Crippen molar-refractivity contribution >= 4 is 32.2 Å². The van der Waals surface area contributed by atoms with E-state index in [1.54, 1.807) is 31.2 Å². The first-order valence-corrected chi connectivity index (χ1v) is 14.5. The van der Waals surface area contributed by atoms with Gasteiger partial charge in [-0.1, -0.05) is 56.4 Å². The topological polar surface area (TPSA) is 103 Å². The standard InChI is InChI=1S/C27H30N4O3S2/c1-5-36(33,34)22-12-10-19(11-13-22)14-23(32)29-27-30-24-25(17(2)3)31(18(4)26(24)35-27)16-21-8-6-20(15-28)7-9-21/h6-13,17-18,25H,5,14,16H2,1-4H3,(H,29,30,32)/t18?,25-/m0/s1. The number of carbonyl (C=O) groups excluding carboxylic acids is 1. The highest BCUT2D eigenvalue weighted by Crippen LogP contribution is 2.49. The number of hydrogen-bond acceptors (Lipinski definition) is 7. The fraction of sp³-hybridized carbons (Fsp3) is 0.370. The van der Waals surface area contributed by atoms with Crippen LogP contribution in [0.15, 0.2) is 53.4 Å². The van der Waals surface area contributed by atoms with Gasteiger partial charge in [0.05, 0.1) is 40.4 Å². The molecule has 0 bridgehead atoms. The summed E-state index contributed by atoms with van der Waals surface area (Å²) in [5.41, 5.74) is 3.55. The second kappa shape index (κ2) is 10.5. The third-order valence-electron chi connectivity index (χ3n) is 6.55. The number of hydrogen-bond donors (Lipinski definition) is 1. The maximum atomic E-state index is 12.7. The highest BCUT2D eigenvalue weighted by molar-refractivity contribution is 7.91. The number of fused-ring (bicyclic) bond motifs is 1. The molecule has 1 aliphatic rings. The van der Waals surface area contributed by atoms with Crippen molar-refractivity contribution in [3.63, 3.8) is 0 Å². The number of thiazole rings is 1. The molecule has 0 saturated carbocycles. The van der Waals surface area contributed by atoms with Crippen molar-refractivity contribution in [2.75, 3.05) is 11.1 Å². The Labute approximate surface area is 216 Å². The van der Waals surface area contributed by atoms with Crippen molar-refractivity contribution in [3.8, 4) is 6.07 Å². The van der Waals surface area contributed by atoms with Gasteiger partial charge in [-0.25, -0.2) is 13.4 Å². The molecule has 0 fully saturated rings. The van der Waals surface area contributed by atoms with E-state index in [0.29, 0.717) is 16.6 Å². The third kappa shape index (κ3) is 5.36. The Bertz CT molecular complexity index is 1390. The molecular weight excluding hydrogens is 492 g/mol. The van der Waals surface area contributed by atoms with E-state index in [2.05, 4.69) is 37.1 Å². The van der Waals surface area contributed by atoms with Gasteiger partial charge in [0.1, 0.15) is 0 Å². The predicted octanol–water partition coefficient (Wildman–Crippen LogP) is 5.26. The van der Waals surface area contributed by atoms with E-state index in [1.807, 2.05) is 24.3 Å². The van der Waals surface area contributed by atoms with Gasteiger partial charge in [-0.15, -0.1) is 0 Å². The predicted molar refractivity (Wildman–Crippen MR) is 141 cm³/mol. The number of nitriles is 1. The van der Waals surface area contributed by atoms with Crippen LogP contribution in [0.25, 0.3) is 0 Å². The number of benzene rings is 2. The van der Waals surface area contributed by atoms with Gasteiger partial charge in [0.2, 0.25) is 5.91 Å². The van der Waals surface area contributed by atoms with Crippen molar-refractivity contribution in [1.29, 1.82) is 5.26 Å². The Morgan fingerprint density at radius 1 is 1.14 bits per heavy atom. The van der Waals surface area contributed by atoms with Crippen LogP contribution in [0, 0.1) is 17.2 Å². The quantitative estimate of drug-likeness (QED) is 0.433. The Morgan fingerprint density at radius 3 is 2.36 bits per heavy atom. The lowest BCUT2D eigenvalue weighted by molar-refractivity contribution is -0.115. The van der Waals surface area contributed by atoms with Crippen LogP contribution in [0.4, 0.5) is 5.13 Å². The SMILES string of the molecule is CCS(=O)(=O)c1ccc(CC(=O)Nc2nc3c(s2)C(C)N(Cc2ccc(C#N)cc2)[C@H]3C(C)C)cc1. The summed E-state index contributed by atoms with van der Waals surface area (Å²) in [6.45, 7) is 8.89. The maximum absolute atomic E-state index is 12.7. The molecule has 1 amide bonds. The van der Waals surface area contributed by atoms with E-state index in [-0.39, 0.29) is 35.1 Å². The van der Waals surface area contributed by atoms with Gasteiger partial charge in [-0.3, -0.25) is 9.69 Å². The monoisotopic (exact) mass is 522 g/mol. The molecule has 0 radical (unpaired) electrons. The average molecular weight is 523 g/mol. The smallest absolute Gasteiger partial charge is 0.230 e. The van der Waals surface area contributed by atoms with E-state index < -0.39 is 9.84 Å². The number of sulfone groups is 1. The Balaban J connectivity index is 1.46. The molecule has 0 aliphatic carbocycles. The van der Waals surface area contributed by atoms with Gasteiger partial charge in [-0.05, 0) is 48.2 Å². The normalized spacial score (nSPS) is 17.7. The number of amides is 1. The van der Waals surface area contributed by atoms with Gasteiger partial charge < -0.3 is 5.32 Å². The van der Waals surface area contributed by atoms with Crippen LogP contribution < -0.4 is 5.32 Å². The molecule has 0 saturated heterocycles. The van der Waals surface area contributed by atoms with Crippen LogP contribution in [-0.4, -0.2) is 30.0 Å². The van der Waals surface area contributed by atoms with Crippen LogP contribution in [0.3, 0.4) is 0 Å². The zero-order chi connectivity index (χ0) is 26.0. The summed E-state index contributed by atoms with van der Waals surface area (Å²) in [5, 5.41) is 12.6. The highest BCUT2D eigenvalue weighted by atomic mass is 32.2. The molecule has 36 heavy (non-hydrogen) atoms. The minimum Gasteiger partial charge on any atom is -0.302 e. The zero-order valence-electron chi connectivity index (χ0n) is 20.9. The molecule has 0 spiro atoms. The largest absolute Gasteiger partial charge is 0.302 e. The second-order valence-electron chi connectivity index (χ2n) is 9.39. The third-order valence-corrected chi connectivity index (χ3v) is 9.46. The number of aromatic nitrogens is 1. The molecular formula is C27H30N4O3S2. The van der Waals surface area contributed by atoms with Crippen LogP contribution >= 0.6 is 11.3 Å². The Hall–Kier alpha value is -3.06. The molecule has 2 atom stereocenters. The van der Waals surface area contributed by atoms with Gasteiger partial charge in [-0.2, -0.15) is 5.26 Å². The molecule has 1 aromatic heterocycles. The lowest BCUT2D eigenvalue weighted by Crippen LogP contribution is -2.28. The minimum absolute atomic E-state index is 0.0439. The van der Waals surface area contributed by atoms with Gasteiger partial charge in [0, 0.05) is 17.5 Å². The van der Waals surface area contributed by atoms with Gasteiger partial charge >= 0.3 is 0 Å². The number of nitrogens with one attached hydrogen (secondary N) is 1. The van der Waals surface area contributed by atoms with Crippen molar-refractivity contribution in [3.05, 3.63) is 75.8 Å². The summed E-state index contributed by atoms with van der Waals surface area (Å²) in [6.07, 6.45) is 0.144. The van der Waals surface area contributed by atoms with Crippen LogP contribution in [0.1, 0.15) is 67.0 Å². The Morgan fingerprint density at radius 2 is 1.78 bits per heavy atom. The first kappa shape index (κ1) is 26.0. The summed E-state index contributed by atoms with van der Waals surface area (Å²) in [7, 11) is -3.26. The molecule has 1 aliphatic heterocycles. The first-order chi connectivity index (χ1) is 17.1. The van der Waals surface area contributed by atoms with Gasteiger partial charge in [0.25, 0.3) is 0 Å². The summed E-state index contributed by atoms with van der Waals surface area (Å²) < 4.78 is 24.0. The molecule has 1 unspecified atom stereocenters. The molecule has 2 heterocycles. The first-order valence-electron chi connectivity index (χ1n) is 12.0. The van der Waals surface area contributed by atoms with Gasteiger partial charge in [0.15, 0.2) is 15.0 Å². The van der Waals surface area contributed by atoms with Crippen LogP contribution in [0.5, 0.6) is 0 Å².